The van der Waals surface area contributed by atoms with E-state index in [-0.39, 0.29) is 11.9 Å². The normalized spacial score (nSPS) is 15.6. The number of benzene rings is 2. The standard InChI is InChI=1S/C25H24BrCl2N3O2/c1-13(14-4-5-14)30(2)25(32)23-19-7-6-15-8-22(33-3)21(26)12-20(15)24(19)31(29-23)18-10-16(27)9-17(28)11-18/h8-14H,4-7H2,1-3H3. The van der Waals surface area contributed by atoms with Gasteiger partial charge >= 0.3 is 0 Å². The van der Waals surface area contributed by atoms with Crippen LogP contribution in [0.5, 0.6) is 5.75 Å². The molecule has 0 N–H and O–H groups in total. The number of ether oxygens (including phenoxy) is 1. The fourth-order valence-electron chi connectivity index (χ4n) is 4.67. The Hall–Kier alpha value is -2.02. The Morgan fingerprint density at radius 1 is 1.18 bits per heavy atom. The van der Waals surface area contributed by atoms with Crippen LogP contribution in [0.15, 0.2) is 34.8 Å². The molecule has 1 fully saturated rings. The minimum atomic E-state index is -0.0476. The van der Waals surface area contributed by atoms with Crippen LogP contribution in [0.2, 0.25) is 10.0 Å². The number of halogens is 3. The Labute approximate surface area is 211 Å². The zero-order chi connectivity index (χ0) is 23.4. The Bertz CT molecular complexity index is 1250. The number of carbonyl (C=O) groups is 1. The number of hydrogen-bond donors (Lipinski definition) is 0. The van der Waals surface area contributed by atoms with Crippen LogP contribution in [-0.2, 0) is 12.8 Å². The Morgan fingerprint density at radius 2 is 1.88 bits per heavy atom. The minimum Gasteiger partial charge on any atom is -0.496 e. The second-order valence-corrected chi connectivity index (χ2v) is 10.6. The van der Waals surface area contributed by atoms with Gasteiger partial charge in [-0.2, -0.15) is 5.10 Å². The molecule has 2 aliphatic carbocycles. The zero-order valence-corrected chi connectivity index (χ0v) is 21.8. The fraction of sp³-hybridized carbons (Fsp3) is 0.360. The number of aryl methyl sites for hydroxylation is 1. The summed E-state index contributed by atoms with van der Waals surface area (Å²) in [5, 5.41) is 5.89. The van der Waals surface area contributed by atoms with Crippen molar-refractivity contribution < 1.29 is 9.53 Å². The molecular weight excluding hydrogens is 525 g/mol. The summed E-state index contributed by atoms with van der Waals surface area (Å²) in [5.41, 5.74) is 5.23. The van der Waals surface area contributed by atoms with Gasteiger partial charge in [-0.3, -0.25) is 4.79 Å². The summed E-state index contributed by atoms with van der Waals surface area (Å²) in [4.78, 5) is 15.5. The van der Waals surface area contributed by atoms with Crippen LogP contribution >= 0.6 is 39.1 Å². The van der Waals surface area contributed by atoms with Crippen LogP contribution in [0.1, 0.15) is 41.4 Å². The van der Waals surface area contributed by atoms with E-state index in [1.807, 2.05) is 40.9 Å². The van der Waals surface area contributed by atoms with E-state index in [0.717, 1.165) is 44.7 Å². The first kappa shape index (κ1) is 22.8. The summed E-state index contributed by atoms with van der Waals surface area (Å²) in [7, 11) is 3.54. The number of rotatable bonds is 5. The lowest BCUT2D eigenvalue weighted by atomic mass is 9.88. The third-order valence-corrected chi connectivity index (χ3v) is 7.85. The summed E-state index contributed by atoms with van der Waals surface area (Å²) in [6.45, 7) is 2.12. The van der Waals surface area contributed by atoms with Crippen molar-refractivity contribution in [3.8, 4) is 22.7 Å². The molecule has 0 radical (unpaired) electrons. The maximum atomic E-state index is 13.6. The van der Waals surface area contributed by atoms with Crippen LogP contribution in [0.4, 0.5) is 0 Å². The quantitative estimate of drug-likeness (QED) is 0.361. The Kier molecular flexibility index (Phi) is 5.96. The monoisotopic (exact) mass is 547 g/mol. The number of aromatic nitrogens is 2. The van der Waals surface area contributed by atoms with Crippen molar-refractivity contribution in [2.24, 2.45) is 5.92 Å². The summed E-state index contributed by atoms with van der Waals surface area (Å²) < 4.78 is 8.17. The van der Waals surface area contributed by atoms with Crippen molar-refractivity contribution >= 4 is 45.0 Å². The first-order valence-corrected chi connectivity index (χ1v) is 12.6. The largest absolute Gasteiger partial charge is 0.496 e. The summed E-state index contributed by atoms with van der Waals surface area (Å²) in [5.74, 6) is 1.31. The molecule has 1 saturated carbocycles. The van der Waals surface area contributed by atoms with E-state index in [4.69, 9.17) is 33.0 Å². The molecule has 0 bridgehead atoms. The van der Waals surface area contributed by atoms with Gasteiger partial charge < -0.3 is 9.64 Å². The van der Waals surface area contributed by atoms with Gasteiger partial charge in [0, 0.05) is 34.3 Å². The molecule has 3 aromatic rings. The molecular formula is C25H24BrCl2N3O2. The van der Waals surface area contributed by atoms with Gasteiger partial charge in [0.2, 0.25) is 0 Å². The van der Waals surface area contributed by atoms with Gasteiger partial charge in [-0.1, -0.05) is 23.2 Å². The Balaban J connectivity index is 1.71. The molecule has 2 aromatic carbocycles. The van der Waals surface area contributed by atoms with Crippen LogP contribution in [0.3, 0.4) is 0 Å². The van der Waals surface area contributed by atoms with Crippen molar-refractivity contribution in [3.63, 3.8) is 0 Å². The molecule has 0 aliphatic heterocycles. The molecule has 5 rings (SSSR count). The molecule has 1 amide bonds. The van der Waals surface area contributed by atoms with Gasteiger partial charge in [0.1, 0.15) is 5.75 Å². The van der Waals surface area contributed by atoms with Gasteiger partial charge in [-0.05, 0) is 90.4 Å². The molecule has 1 atom stereocenters. The van der Waals surface area contributed by atoms with Crippen molar-refractivity contribution in [3.05, 3.63) is 61.7 Å². The molecule has 1 aromatic heterocycles. The van der Waals surface area contributed by atoms with Crippen molar-refractivity contribution in [2.45, 2.75) is 38.6 Å². The zero-order valence-electron chi connectivity index (χ0n) is 18.7. The van der Waals surface area contributed by atoms with E-state index in [2.05, 4.69) is 22.9 Å². The summed E-state index contributed by atoms with van der Waals surface area (Å²) in [6.07, 6.45) is 3.87. The highest BCUT2D eigenvalue weighted by atomic mass is 79.9. The van der Waals surface area contributed by atoms with E-state index in [1.54, 1.807) is 13.2 Å². The lowest BCUT2D eigenvalue weighted by Crippen LogP contribution is -2.37. The highest BCUT2D eigenvalue weighted by Crippen LogP contribution is 2.42. The molecule has 2 aliphatic rings. The molecule has 0 spiro atoms. The van der Waals surface area contributed by atoms with Crippen LogP contribution in [0, 0.1) is 5.92 Å². The van der Waals surface area contributed by atoms with Crippen molar-refractivity contribution in [1.29, 1.82) is 0 Å². The predicted octanol–water partition coefficient (Wildman–Crippen LogP) is 6.59. The maximum Gasteiger partial charge on any atom is 0.274 e. The molecule has 33 heavy (non-hydrogen) atoms. The van der Waals surface area contributed by atoms with Gasteiger partial charge in [-0.25, -0.2) is 4.68 Å². The third kappa shape index (κ3) is 4.07. The second-order valence-electron chi connectivity index (χ2n) is 8.85. The number of fused-ring (bicyclic) bond motifs is 3. The second kappa shape index (κ2) is 8.64. The lowest BCUT2D eigenvalue weighted by Gasteiger charge is -2.25. The molecule has 1 unspecified atom stereocenters. The molecule has 0 saturated heterocycles. The van der Waals surface area contributed by atoms with Gasteiger partial charge in [0.15, 0.2) is 5.69 Å². The highest BCUT2D eigenvalue weighted by molar-refractivity contribution is 9.10. The smallest absolute Gasteiger partial charge is 0.274 e. The van der Waals surface area contributed by atoms with Crippen LogP contribution < -0.4 is 4.74 Å². The number of hydrogen-bond acceptors (Lipinski definition) is 3. The summed E-state index contributed by atoms with van der Waals surface area (Å²) >= 11 is 16.3. The maximum absolute atomic E-state index is 13.6. The van der Waals surface area contributed by atoms with Crippen LogP contribution in [-0.4, -0.2) is 40.8 Å². The van der Waals surface area contributed by atoms with Gasteiger partial charge in [-0.15, -0.1) is 0 Å². The first-order valence-electron chi connectivity index (χ1n) is 11.0. The highest BCUT2D eigenvalue weighted by Gasteiger charge is 2.36. The van der Waals surface area contributed by atoms with Gasteiger partial charge in [0.05, 0.1) is 23.0 Å². The molecule has 1 heterocycles. The number of carbonyl (C=O) groups excluding carboxylic acids is 1. The van der Waals surface area contributed by atoms with E-state index in [9.17, 15) is 4.79 Å². The average molecular weight is 549 g/mol. The molecule has 5 nitrogen and oxygen atoms in total. The molecule has 172 valence electrons. The average Bonchev–Trinajstić information content (AvgIpc) is 3.56. The molecule has 8 heteroatoms. The number of nitrogens with zero attached hydrogens (tertiary/aromatic N) is 3. The Morgan fingerprint density at radius 3 is 2.52 bits per heavy atom. The van der Waals surface area contributed by atoms with Crippen molar-refractivity contribution in [2.75, 3.05) is 14.2 Å². The third-order valence-electron chi connectivity index (χ3n) is 6.79. The SMILES string of the molecule is COc1cc2c(cc1Br)-c1c(c(C(=O)N(C)C(C)C3CC3)nn1-c1cc(Cl)cc(Cl)c1)CC2. The van der Waals surface area contributed by atoms with E-state index < -0.39 is 0 Å². The lowest BCUT2D eigenvalue weighted by molar-refractivity contribution is 0.0719. The van der Waals surface area contributed by atoms with Crippen molar-refractivity contribution in [1.82, 2.24) is 14.7 Å². The fourth-order valence-corrected chi connectivity index (χ4v) is 5.69. The summed E-state index contributed by atoms with van der Waals surface area (Å²) in [6, 6.07) is 9.61. The number of methoxy groups -OCH3 is 1. The topological polar surface area (TPSA) is 47.4 Å². The predicted molar refractivity (Wildman–Crippen MR) is 135 cm³/mol. The number of amides is 1. The first-order chi connectivity index (χ1) is 15.8. The van der Waals surface area contributed by atoms with E-state index in [0.29, 0.717) is 28.1 Å². The van der Waals surface area contributed by atoms with Crippen LogP contribution in [0.25, 0.3) is 16.9 Å². The van der Waals surface area contributed by atoms with Gasteiger partial charge in [0.25, 0.3) is 5.91 Å². The minimum absolute atomic E-state index is 0.0476. The van der Waals surface area contributed by atoms with E-state index >= 15 is 0 Å². The van der Waals surface area contributed by atoms with E-state index in [1.165, 1.54) is 12.8 Å².